The molecule has 1 aromatic heterocycles. The lowest BCUT2D eigenvalue weighted by Gasteiger charge is -2.18. The summed E-state index contributed by atoms with van der Waals surface area (Å²) in [7, 11) is 1.82. The van der Waals surface area contributed by atoms with E-state index in [0.717, 1.165) is 24.3 Å². The first-order chi connectivity index (χ1) is 8.22. The molecule has 0 fully saturated rings. The first-order valence-corrected chi connectivity index (χ1v) is 5.96. The third-order valence-corrected chi connectivity index (χ3v) is 3.07. The number of nitrogens with zero attached hydrogens (tertiary/aromatic N) is 1. The molecule has 2 unspecified atom stereocenters. The van der Waals surface area contributed by atoms with Gasteiger partial charge < -0.3 is 20.8 Å². The van der Waals surface area contributed by atoms with Crippen LogP contribution < -0.4 is 10.6 Å². The van der Waals surface area contributed by atoms with Crippen molar-refractivity contribution in [2.45, 2.75) is 25.0 Å². The molecule has 5 heteroatoms. The predicted molar refractivity (Wildman–Crippen MR) is 65.9 cm³/mol. The minimum absolute atomic E-state index is 0.521. The summed E-state index contributed by atoms with van der Waals surface area (Å²) in [6, 6.07) is 1.93. The average molecular weight is 237 g/mol. The van der Waals surface area contributed by atoms with E-state index in [0.29, 0.717) is 18.5 Å². The fraction of sp³-hybridized carbons (Fsp3) is 0.583. The van der Waals surface area contributed by atoms with Gasteiger partial charge in [0.1, 0.15) is 11.9 Å². The van der Waals surface area contributed by atoms with Crippen molar-refractivity contribution in [1.29, 1.82) is 0 Å². The van der Waals surface area contributed by atoms with Gasteiger partial charge in [-0.1, -0.05) is 0 Å². The summed E-state index contributed by atoms with van der Waals surface area (Å²) in [5, 5.41) is 25.9. The van der Waals surface area contributed by atoms with Crippen LogP contribution in [0.3, 0.4) is 0 Å². The highest BCUT2D eigenvalue weighted by Gasteiger charge is 2.20. The molecule has 0 saturated carbocycles. The topological polar surface area (TPSA) is 77.4 Å². The Balaban J connectivity index is 2.06. The van der Waals surface area contributed by atoms with E-state index < -0.39 is 12.2 Å². The molecule has 1 aliphatic rings. The maximum atomic E-state index is 10.0. The van der Waals surface area contributed by atoms with Crippen molar-refractivity contribution in [3.63, 3.8) is 0 Å². The number of fused-ring (bicyclic) bond motifs is 1. The van der Waals surface area contributed by atoms with Crippen LogP contribution in [0, 0.1) is 0 Å². The fourth-order valence-electron chi connectivity index (χ4n) is 2.03. The van der Waals surface area contributed by atoms with E-state index in [9.17, 15) is 10.2 Å². The van der Waals surface area contributed by atoms with E-state index >= 15 is 0 Å². The number of aliphatic hydroxyl groups is 2. The zero-order valence-corrected chi connectivity index (χ0v) is 9.98. The Kier molecular flexibility index (Phi) is 3.93. The Morgan fingerprint density at radius 3 is 3.12 bits per heavy atom. The summed E-state index contributed by atoms with van der Waals surface area (Å²) in [5.41, 5.74) is 1.80. The van der Waals surface area contributed by atoms with Gasteiger partial charge in [-0.25, -0.2) is 4.98 Å². The van der Waals surface area contributed by atoms with Crippen LogP contribution in [0.25, 0.3) is 0 Å². The Bertz CT molecular complexity index is 384. The molecule has 5 nitrogen and oxygen atoms in total. The molecule has 94 valence electrons. The second kappa shape index (κ2) is 5.44. The maximum Gasteiger partial charge on any atom is 0.129 e. The van der Waals surface area contributed by atoms with Gasteiger partial charge in [-0.05, 0) is 38.1 Å². The van der Waals surface area contributed by atoms with Crippen molar-refractivity contribution in [2.75, 3.05) is 25.5 Å². The summed E-state index contributed by atoms with van der Waals surface area (Å²) in [6.07, 6.45) is 1.46. The molecule has 2 atom stereocenters. The van der Waals surface area contributed by atoms with Crippen LogP contribution in [0.15, 0.2) is 12.3 Å². The van der Waals surface area contributed by atoms with Crippen LogP contribution in [0.4, 0.5) is 5.82 Å². The Hall–Kier alpha value is -1.17. The second-order valence-electron chi connectivity index (χ2n) is 4.36. The van der Waals surface area contributed by atoms with Crippen molar-refractivity contribution in [2.24, 2.45) is 0 Å². The normalized spacial score (nSPS) is 17.4. The van der Waals surface area contributed by atoms with Crippen LogP contribution in [-0.4, -0.2) is 41.4 Å². The minimum Gasteiger partial charge on any atom is -0.390 e. The molecule has 0 aromatic carbocycles. The molecular weight excluding hydrogens is 218 g/mol. The molecule has 17 heavy (non-hydrogen) atoms. The molecule has 0 bridgehead atoms. The third kappa shape index (κ3) is 2.74. The van der Waals surface area contributed by atoms with Gasteiger partial charge in [-0.15, -0.1) is 0 Å². The molecule has 0 saturated heterocycles. The Morgan fingerprint density at radius 2 is 2.35 bits per heavy atom. The van der Waals surface area contributed by atoms with E-state index in [1.165, 1.54) is 0 Å². The molecule has 0 amide bonds. The van der Waals surface area contributed by atoms with Crippen LogP contribution in [0.1, 0.15) is 23.7 Å². The molecule has 2 rings (SSSR count). The third-order valence-electron chi connectivity index (χ3n) is 3.07. The van der Waals surface area contributed by atoms with Crippen molar-refractivity contribution >= 4 is 5.82 Å². The maximum absolute atomic E-state index is 10.0. The fourth-order valence-corrected chi connectivity index (χ4v) is 2.03. The van der Waals surface area contributed by atoms with Crippen LogP contribution in [-0.2, 0) is 6.42 Å². The van der Waals surface area contributed by atoms with E-state index in [2.05, 4.69) is 15.6 Å². The van der Waals surface area contributed by atoms with Crippen molar-refractivity contribution < 1.29 is 10.2 Å². The first kappa shape index (κ1) is 12.3. The van der Waals surface area contributed by atoms with E-state index in [1.54, 1.807) is 6.20 Å². The molecule has 0 aliphatic carbocycles. The lowest BCUT2D eigenvalue weighted by molar-refractivity contribution is 0.0138. The number of pyridine rings is 1. The van der Waals surface area contributed by atoms with E-state index in [4.69, 9.17) is 0 Å². The highest BCUT2D eigenvalue weighted by molar-refractivity contribution is 5.50. The van der Waals surface area contributed by atoms with Gasteiger partial charge in [0.25, 0.3) is 0 Å². The quantitative estimate of drug-likeness (QED) is 0.582. The zero-order valence-electron chi connectivity index (χ0n) is 9.98. The molecule has 1 aliphatic heterocycles. The van der Waals surface area contributed by atoms with E-state index in [1.807, 2.05) is 13.1 Å². The number of hydrogen-bond acceptors (Lipinski definition) is 5. The predicted octanol–water partition coefficient (Wildman–Crippen LogP) is 0.0534. The van der Waals surface area contributed by atoms with E-state index in [-0.39, 0.29) is 0 Å². The first-order valence-electron chi connectivity index (χ1n) is 5.96. The summed E-state index contributed by atoms with van der Waals surface area (Å²) in [5.74, 6) is 0.894. The van der Waals surface area contributed by atoms with Crippen molar-refractivity contribution in [3.05, 3.63) is 23.4 Å². The van der Waals surface area contributed by atoms with Gasteiger partial charge in [-0.3, -0.25) is 0 Å². The van der Waals surface area contributed by atoms with Gasteiger partial charge in [-0.2, -0.15) is 0 Å². The van der Waals surface area contributed by atoms with Crippen LogP contribution in [0.2, 0.25) is 0 Å². The average Bonchev–Trinajstić information content (AvgIpc) is 2.81. The monoisotopic (exact) mass is 237 g/mol. The van der Waals surface area contributed by atoms with Gasteiger partial charge in [0.2, 0.25) is 0 Å². The van der Waals surface area contributed by atoms with Crippen LogP contribution in [0.5, 0.6) is 0 Å². The Labute approximate surface area is 101 Å². The number of nitrogens with one attached hydrogen (secondary N) is 2. The summed E-state index contributed by atoms with van der Waals surface area (Å²) in [6.45, 7) is 1.57. The number of aliphatic hydroxyl groups excluding tert-OH is 2. The summed E-state index contributed by atoms with van der Waals surface area (Å²) < 4.78 is 0. The number of hydrogen-bond donors (Lipinski definition) is 4. The van der Waals surface area contributed by atoms with Gasteiger partial charge >= 0.3 is 0 Å². The number of aromatic nitrogens is 1. The van der Waals surface area contributed by atoms with Crippen molar-refractivity contribution in [3.8, 4) is 0 Å². The van der Waals surface area contributed by atoms with Gasteiger partial charge in [0.15, 0.2) is 0 Å². The number of rotatable bonds is 5. The molecule has 1 aromatic rings. The lowest BCUT2D eigenvalue weighted by atomic mass is 10.0. The van der Waals surface area contributed by atoms with Gasteiger partial charge in [0.05, 0.1) is 6.10 Å². The molecule has 0 spiro atoms. The zero-order chi connectivity index (χ0) is 12.3. The minimum atomic E-state index is -0.859. The van der Waals surface area contributed by atoms with Crippen molar-refractivity contribution in [1.82, 2.24) is 10.3 Å². The highest BCUT2D eigenvalue weighted by Crippen LogP contribution is 2.25. The standard InChI is InChI=1S/C12H19N3O2/c1-13-4-3-10(16)11(17)9-6-8-2-5-14-12(8)15-7-9/h6-7,10-11,13,16-17H,2-5H2,1H3,(H,14,15). The smallest absolute Gasteiger partial charge is 0.129 e. The largest absolute Gasteiger partial charge is 0.390 e. The summed E-state index contributed by atoms with van der Waals surface area (Å²) >= 11 is 0. The Morgan fingerprint density at radius 1 is 1.53 bits per heavy atom. The highest BCUT2D eigenvalue weighted by atomic mass is 16.3. The SMILES string of the molecule is CNCCC(O)C(O)c1cnc2c(c1)CCN2. The van der Waals surface area contributed by atoms with Gasteiger partial charge in [0, 0.05) is 18.3 Å². The lowest BCUT2D eigenvalue weighted by Crippen LogP contribution is -2.23. The molecule has 4 N–H and O–H groups in total. The van der Waals surface area contributed by atoms with Crippen LogP contribution >= 0.6 is 0 Å². The molecule has 0 radical (unpaired) electrons. The molecular formula is C12H19N3O2. The molecule has 2 heterocycles. The second-order valence-corrected chi connectivity index (χ2v) is 4.36. The summed E-state index contributed by atoms with van der Waals surface area (Å²) in [4.78, 5) is 4.25. The number of anilines is 1.